The topological polar surface area (TPSA) is 52.9 Å². The minimum absolute atomic E-state index is 0.0618. The Balaban J connectivity index is 1.93. The minimum atomic E-state index is -0.0618. The molecule has 0 spiro atoms. The highest BCUT2D eigenvalue weighted by atomic mass is 32.2. The lowest BCUT2D eigenvalue weighted by atomic mass is 10.1. The second-order valence-electron chi connectivity index (χ2n) is 4.77. The zero-order valence-electron chi connectivity index (χ0n) is 10.4. The van der Waals surface area contributed by atoms with Crippen LogP contribution >= 0.6 is 11.8 Å². The van der Waals surface area contributed by atoms with Gasteiger partial charge in [0.2, 0.25) is 0 Å². The van der Waals surface area contributed by atoms with Crippen molar-refractivity contribution in [2.45, 2.75) is 24.5 Å². The van der Waals surface area contributed by atoms with E-state index in [-0.39, 0.29) is 10.7 Å². The molecule has 1 atom stereocenters. The van der Waals surface area contributed by atoms with Gasteiger partial charge in [-0.1, -0.05) is 0 Å². The summed E-state index contributed by atoms with van der Waals surface area (Å²) < 4.78 is 0.183. The summed E-state index contributed by atoms with van der Waals surface area (Å²) in [6.07, 6.45) is 2.39. The Bertz CT molecular complexity index is 470. The number of benzene rings is 1. The number of hydrogen-bond donors (Lipinski definition) is 1. The van der Waals surface area contributed by atoms with E-state index in [4.69, 9.17) is 5.26 Å². The number of carbonyl (C=O) groups excluding carboxylic acids is 1. The van der Waals surface area contributed by atoms with E-state index in [0.717, 1.165) is 6.42 Å². The zero-order chi connectivity index (χ0) is 13.0. The second kappa shape index (κ2) is 5.45. The van der Waals surface area contributed by atoms with E-state index in [1.807, 2.05) is 17.8 Å². The Morgan fingerprint density at radius 2 is 2.22 bits per heavy atom. The molecule has 1 N–H and O–H groups in total. The molecule has 94 valence electrons. The summed E-state index contributed by atoms with van der Waals surface area (Å²) in [5.74, 6) is 1.12. The summed E-state index contributed by atoms with van der Waals surface area (Å²) in [6.45, 7) is 2.90. The van der Waals surface area contributed by atoms with Crippen LogP contribution in [0.2, 0.25) is 0 Å². The molecule has 0 radical (unpaired) electrons. The van der Waals surface area contributed by atoms with Crippen LogP contribution in [0.5, 0.6) is 0 Å². The standard InChI is InChI=1S/C14H16N2OS/c1-14(7-2-8-18-14)10-16-13(17)12-5-3-11(9-15)4-6-12/h3-6H,2,7-8,10H2,1H3,(H,16,17). The fraction of sp³-hybridized carbons (Fsp3) is 0.429. The second-order valence-corrected chi connectivity index (χ2v) is 6.46. The predicted molar refractivity (Wildman–Crippen MR) is 73.6 cm³/mol. The maximum Gasteiger partial charge on any atom is 0.251 e. The smallest absolute Gasteiger partial charge is 0.251 e. The maximum absolute atomic E-state index is 11.9. The molecule has 1 unspecified atom stereocenters. The van der Waals surface area contributed by atoms with E-state index >= 15 is 0 Å². The van der Waals surface area contributed by atoms with Crippen molar-refractivity contribution < 1.29 is 4.79 Å². The third-order valence-electron chi connectivity index (χ3n) is 3.20. The van der Waals surface area contributed by atoms with Crippen LogP contribution in [0.3, 0.4) is 0 Å². The highest BCUT2D eigenvalue weighted by Crippen LogP contribution is 2.36. The van der Waals surface area contributed by atoms with Crippen LogP contribution in [-0.2, 0) is 0 Å². The molecule has 0 aromatic heterocycles. The van der Waals surface area contributed by atoms with Crippen LogP contribution in [0.4, 0.5) is 0 Å². The molecule has 4 heteroatoms. The number of nitrogens with one attached hydrogen (secondary N) is 1. The van der Waals surface area contributed by atoms with Gasteiger partial charge in [-0.2, -0.15) is 17.0 Å². The molecule has 0 saturated carbocycles. The molecule has 1 aromatic rings. The molecule has 2 rings (SSSR count). The van der Waals surface area contributed by atoms with Gasteiger partial charge in [0.1, 0.15) is 0 Å². The number of nitriles is 1. The molecular weight excluding hydrogens is 244 g/mol. The summed E-state index contributed by atoms with van der Waals surface area (Å²) in [4.78, 5) is 11.9. The first-order chi connectivity index (χ1) is 8.63. The van der Waals surface area contributed by atoms with E-state index in [1.54, 1.807) is 24.3 Å². The Labute approximate surface area is 112 Å². The van der Waals surface area contributed by atoms with Crippen molar-refractivity contribution >= 4 is 17.7 Å². The summed E-state index contributed by atoms with van der Waals surface area (Å²) in [6, 6.07) is 8.76. The largest absolute Gasteiger partial charge is 0.351 e. The molecule has 1 aliphatic rings. The lowest BCUT2D eigenvalue weighted by Crippen LogP contribution is -2.36. The van der Waals surface area contributed by atoms with E-state index in [9.17, 15) is 4.79 Å². The van der Waals surface area contributed by atoms with Crippen molar-refractivity contribution in [1.29, 1.82) is 5.26 Å². The third kappa shape index (κ3) is 3.05. The summed E-state index contributed by atoms with van der Waals surface area (Å²) in [5, 5.41) is 11.7. The molecule has 18 heavy (non-hydrogen) atoms. The first-order valence-electron chi connectivity index (χ1n) is 6.05. The SMILES string of the molecule is CC1(CNC(=O)c2ccc(C#N)cc2)CCCS1. The van der Waals surface area contributed by atoms with Gasteiger partial charge in [0.15, 0.2) is 0 Å². The monoisotopic (exact) mass is 260 g/mol. The first-order valence-corrected chi connectivity index (χ1v) is 7.04. The lowest BCUT2D eigenvalue weighted by Gasteiger charge is -2.22. The van der Waals surface area contributed by atoms with E-state index in [1.165, 1.54) is 12.2 Å². The molecule has 1 fully saturated rings. The first kappa shape index (κ1) is 13.0. The zero-order valence-corrected chi connectivity index (χ0v) is 11.2. The Hall–Kier alpha value is -1.47. The van der Waals surface area contributed by atoms with Gasteiger partial charge < -0.3 is 5.32 Å². The molecule has 1 aromatic carbocycles. The molecule has 0 aliphatic carbocycles. The van der Waals surface area contributed by atoms with Crippen LogP contribution in [0, 0.1) is 11.3 Å². The number of rotatable bonds is 3. The Kier molecular flexibility index (Phi) is 3.93. The number of nitrogens with zero attached hydrogens (tertiary/aromatic N) is 1. The molecule has 0 bridgehead atoms. The van der Waals surface area contributed by atoms with Crippen LogP contribution in [-0.4, -0.2) is 23.0 Å². The van der Waals surface area contributed by atoms with Crippen molar-refractivity contribution in [2.75, 3.05) is 12.3 Å². The van der Waals surface area contributed by atoms with Gasteiger partial charge in [-0.25, -0.2) is 0 Å². The number of amides is 1. The van der Waals surface area contributed by atoms with Gasteiger partial charge in [-0.15, -0.1) is 0 Å². The van der Waals surface area contributed by atoms with Gasteiger partial charge in [0, 0.05) is 16.9 Å². The summed E-state index contributed by atoms with van der Waals surface area (Å²) >= 11 is 1.93. The molecule has 3 nitrogen and oxygen atoms in total. The van der Waals surface area contributed by atoms with E-state index in [0.29, 0.717) is 17.7 Å². The maximum atomic E-state index is 11.9. The van der Waals surface area contributed by atoms with Gasteiger partial charge >= 0.3 is 0 Å². The molecule has 1 aliphatic heterocycles. The number of hydrogen-bond acceptors (Lipinski definition) is 3. The quantitative estimate of drug-likeness (QED) is 0.908. The van der Waals surface area contributed by atoms with Gasteiger partial charge in [0.05, 0.1) is 11.6 Å². The minimum Gasteiger partial charge on any atom is -0.351 e. The van der Waals surface area contributed by atoms with Crippen LogP contribution in [0.25, 0.3) is 0 Å². The fourth-order valence-electron chi connectivity index (χ4n) is 2.04. The fourth-order valence-corrected chi connectivity index (χ4v) is 3.29. The Morgan fingerprint density at radius 1 is 1.50 bits per heavy atom. The van der Waals surface area contributed by atoms with Gasteiger partial charge in [0.25, 0.3) is 5.91 Å². The van der Waals surface area contributed by atoms with Crippen molar-refractivity contribution in [3.63, 3.8) is 0 Å². The van der Waals surface area contributed by atoms with Gasteiger partial charge in [-0.05, 0) is 49.8 Å². The molecule has 1 amide bonds. The molecule has 1 heterocycles. The van der Waals surface area contributed by atoms with Crippen LogP contribution in [0.1, 0.15) is 35.7 Å². The molecular formula is C14H16N2OS. The van der Waals surface area contributed by atoms with Crippen molar-refractivity contribution in [3.05, 3.63) is 35.4 Å². The summed E-state index contributed by atoms with van der Waals surface area (Å²) in [5.41, 5.74) is 1.19. The third-order valence-corrected chi connectivity index (χ3v) is 4.74. The lowest BCUT2D eigenvalue weighted by molar-refractivity contribution is 0.0950. The van der Waals surface area contributed by atoms with E-state index in [2.05, 4.69) is 12.2 Å². The van der Waals surface area contributed by atoms with Crippen LogP contribution < -0.4 is 5.32 Å². The average molecular weight is 260 g/mol. The number of thioether (sulfide) groups is 1. The Morgan fingerprint density at radius 3 is 2.78 bits per heavy atom. The average Bonchev–Trinajstić information content (AvgIpc) is 2.83. The summed E-state index contributed by atoms with van der Waals surface area (Å²) in [7, 11) is 0. The van der Waals surface area contributed by atoms with Gasteiger partial charge in [-0.3, -0.25) is 4.79 Å². The van der Waals surface area contributed by atoms with Crippen molar-refractivity contribution in [1.82, 2.24) is 5.32 Å². The molecule has 1 saturated heterocycles. The van der Waals surface area contributed by atoms with Crippen molar-refractivity contribution in [2.24, 2.45) is 0 Å². The predicted octanol–water partition coefficient (Wildman–Crippen LogP) is 2.57. The highest BCUT2D eigenvalue weighted by molar-refractivity contribution is 8.00. The van der Waals surface area contributed by atoms with E-state index < -0.39 is 0 Å². The highest BCUT2D eigenvalue weighted by Gasteiger charge is 2.29. The normalized spacial score (nSPS) is 22.4. The van der Waals surface area contributed by atoms with Crippen molar-refractivity contribution in [3.8, 4) is 6.07 Å². The van der Waals surface area contributed by atoms with Crippen LogP contribution in [0.15, 0.2) is 24.3 Å². The number of carbonyl (C=O) groups is 1.